The molecule has 23 heavy (non-hydrogen) atoms. The summed E-state index contributed by atoms with van der Waals surface area (Å²) in [7, 11) is 0. The van der Waals surface area contributed by atoms with Gasteiger partial charge in [0, 0.05) is 12.8 Å². The fourth-order valence-electron chi connectivity index (χ4n) is 2.48. The lowest BCUT2D eigenvalue weighted by atomic mass is 9.75. The largest absolute Gasteiger partial charge is 0.481 e. The fraction of sp³-hybridized carbons (Fsp3) is 0.824. The first kappa shape index (κ1) is 21.4. The Balaban J connectivity index is 4.88. The molecule has 6 nitrogen and oxygen atoms in total. The first-order chi connectivity index (χ1) is 10.6. The Kier molecular flexibility index (Phi) is 8.87. The monoisotopic (exact) mass is 330 g/mol. The number of aliphatic carboxylic acids is 1. The highest BCUT2D eigenvalue weighted by molar-refractivity contribution is 5.78. The number of ether oxygens (including phenoxy) is 2. The van der Waals surface area contributed by atoms with E-state index < -0.39 is 28.9 Å². The highest BCUT2D eigenvalue weighted by Crippen LogP contribution is 2.36. The summed E-state index contributed by atoms with van der Waals surface area (Å²) in [6.07, 6.45) is 1.44. The van der Waals surface area contributed by atoms with Crippen LogP contribution in [0.2, 0.25) is 0 Å². The van der Waals surface area contributed by atoms with E-state index in [0.717, 1.165) is 0 Å². The molecule has 0 aromatic heterocycles. The van der Waals surface area contributed by atoms with Gasteiger partial charge in [-0.05, 0) is 47.0 Å². The molecule has 0 saturated heterocycles. The quantitative estimate of drug-likeness (QED) is 0.618. The van der Waals surface area contributed by atoms with E-state index >= 15 is 0 Å². The van der Waals surface area contributed by atoms with Crippen LogP contribution in [0.1, 0.15) is 73.1 Å². The summed E-state index contributed by atoms with van der Waals surface area (Å²) < 4.78 is 10.1. The first-order valence-electron chi connectivity index (χ1n) is 8.17. The highest BCUT2D eigenvalue weighted by Gasteiger charge is 2.38. The predicted octanol–water partition coefficient (Wildman–Crippen LogP) is 3.32. The number of carbonyl (C=O) groups excluding carboxylic acids is 2. The molecule has 1 N–H and O–H groups in total. The molecule has 0 heterocycles. The lowest BCUT2D eigenvalue weighted by Gasteiger charge is -2.29. The number of carboxylic acids is 1. The Morgan fingerprint density at radius 3 is 1.83 bits per heavy atom. The number of carbonyl (C=O) groups is 3. The van der Waals surface area contributed by atoms with Crippen LogP contribution in [-0.4, -0.2) is 35.2 Å². The summed E-state index contributed by atoms with van der Waals surface area (Å²) in [6, 6.07) is 0. The van der Waals surface area contributed by atoms with Gasteiger partial charge in [-0.15, -0.1) is 0 Å². The Hall–Kier alpha value is -1.59. The molecule has 6 heteroatoms. The molecule has 1 unspecified atom stereocenters. The van der Waals surface area contributed by atoms with Crippen molar-refractivity contribution in [3.05, 3.63) is 0 Å². The molecule has 0 rings (SSSR count). The van der Waals surface area contributed by atoms with Gasteiger partial charge in [0.1, 0.15) is 5.60 Å². The lowest BCUT2D eigenvalue weighted by molar-refractivity contribution is -0.157. The van der Waals surface area contributed by atoms with Gasteiger partial charge < -0.3 is 14.6 Å². The standard InChI is InChI=1S/C17H30O6/c1-6-10-17(15(20)21,11-8-13(18)22-7-2)12-9-14(19)23-16(3,4)5/h6-12H2,1-5H3,(H,20,21). The fourth-order valence-corrected chi connectivity index (χ4v) is 2.48. The van der Waals surface area contributed by atoms with Crippen LogP contribution in [-0.2, 0) is 23.9 Å². The number of rotatable bonds is 10. The summed E-state index contributed by atoms with van der Waals surface area (Å²) in [5, 5.41) is 9.64. The lowest BCUT2D eigenvalue weighted by Crippen LogP contribution is -2.33. The van der Waals surface area contributed by atoms with Gasteiger partial charge in [0.2, 0.25) is 0 Å². The zero-order chi connectivity index (χ0) is 18.1. The third-order valence-corrected chi connectivity index (χ3v) is 3.52. The van der Waals surface area contributed by atoms with Crippen LogP contribution in [0.4, 0.5) is 0 Å². The second-order valence-corrected chi connectivity index (χ2v) is 6.73. The van der Waals surface area contributed by atoms with E-state index in [4.69, 9.17) is 9.47 Å². The van der Waals surface area contributed by atoms with Crippen LogP contribution in [0, 0.1) is 5.41 Å². The van der Waals surface area contributed by atoms with E-state index in [9.17, 15) is 19.5 Å². The second-order valence-electron chi connectivity index (χ2n) is 6.73. The van der Waals surface area contributed by atoms with Crippen molar-refractivity contribution < 1.29 is 29.0 Å². The minimum absolute atomic E-state index is 0.0202. The molecular weight excluding hydrogens is 300 g/mol. The van der Waals surface area contributed by atoms with E-state index in [-0.39, 0.29) is 32.3 Å². The smallest absolute Gasteiger partial charge is 0.309 e. The van der Waals surface area contributed by atoms with Crippen LogP contribution < -0.4 is 0 Å². The summed E-state index contributed by atoms with van der Waals surface area (Å²) in [6.45, 7) is 9.16. The highest BCUT2D eigenvalue weighted by atomic mass is 16.6. The van der Waals surface area contributed by atoms with Crippen molar-refractivity contribution in [3.8, 4) is 0 Å². The molecule has 0 aliphatic rings. The minimum atomic E-state index is -1.10. The first-order valence-corrected chi connectivity index (χ1v) is 8.17. The van der Waals surface area contributed by atoms with E-state index in [1.165, 1.54) is 0 Å². The molecule has 0 radical (unpaired) electrons. The minimum Gasteiger partial charge on any atom is -0.481 e. The molecule has 0 aliphatic heterocycles. The molecule has 0 amide bonds. The van der Waals surface area contributed by atoms with Crippen molar-refractivity contribution in [2.24, 2.45) is 5.41 Å². The number of esters is 2. The maximum absolute atomic E-state index is 11.9. The van der Waals surface area contributed by atoms with Crippen molar-refractivity contribution in [1.82, 2.24) is 0 Å². The van der Waals surface area contributed by atoms with Gasteiger partial charge in [-0.2, -0.15) is 0 Å². The number of hydrogen-bond acceptors (Lipinski definition) is 5. The van der Waals surface area contributed by atoms with E-state index in [0.29, 0.717) is 12.8 Å². The summed E-state index contributed by atoms with van der Waals surface area (Å²) in [4.78, 5) is 35.2. The molecule has 134 valence electrons. The molecule has 0 bridgehead atoms. The molecule has 1 atom stereocenters. The predicted molar refractivity (Wildman–Crippen MR) is 85.9 cm³/mol. The van der Waals surface area contributed by atoms with Gasteiger partial charge in [0.05, 0.1) is 12.0 Å². The van der Waals surface area contributed by atoms with Crippen LogP contribution >= 0.6 is 0 Å². The van der Waals surface area contributed by atoms with Crippen LogP contribution in [0.25, 0.3) is 0 Å². The van der Waals surface area contributed by atoms with Crippen LogP contribution in [0.5, 0.6) is 0 Å². The van der Waals surface area contributed by atoms with Gasteiger partial charge >= 0.3 is 17.9 Å². The van der Waals surface area contributed by atoms with Gasteiger partial charge in [-0.3, -0.25) is 14.4 Å². The second kappa shape index (κ2) is 9.53. The van der Waals surface area contributed by atoms with Crippen molar-refractivity contribution in [1.29, 1.82) is 0 Å². The van der Waals surface area contributed by atoms with E-state index in [1.807, 2.05) is 6.92 Å². The Morgan fingerprint density at radius 2 is 1.43 bits per heavy atom. The summed E-state index contributed by atoms with van der Waals surface area (Å²) >= 11 is 0. The zero-order valence-electron chi connectivity index (χ0n) is 14.9. The molecular formula is C17H30O6. The van der Waals surface area contributed by atoms with E-state index in [1.54, 1.807) is 27.7 Å². The number of hydrogen-bond donors (Lipinski definition) is 1. The summed E-state index contributed by atoms with van der Waals surface area (Å²) in [5.41, 5.74) is -1.70. The summed E-state index contributed by atoms with van der Waals surface area (Å²) in [5.74, 6) is -1.81. The third-order valence-electron chi connectivity index (χ3n) is 3.52. The zero-order valence-corrected chi connectivity index (χ0v) is 14.9. The van der Waals surface area contributed by atoms with Crippen molar-refractivity contribution >= 4 is 17.9 Å². The average Bonchev–Trinajstić information content (AvgIpc) is 2.40. The molecule has 0 saturated carbocycles. The molecule has 0 aromatic rings. The Bertz CT molecular complexity index is 410. The molecule has 0 fully saturated rings. The van der Waals surface area contributed by atoms with Crippen LogP contribution in [0.15, 0.2) is 0 Å². The molecule has 0 aromatic carbocycles. The molecule has 0 aliphatic carbocycles. The maximum Gasteiger partial charge on any atom is 0.309 e. The van der Waals surface area contributed by atoms with Gasteiger partial charge in [-0.25, -0.2) is 0 Å². The maximum atomic E-state index is 11.9. The SMILES string of the molecule is CCCC(CCC(=O)OCC)(CCC(=O)OC(C)(C)C)C(=O)O. The van der Waals surface area contributed by atoms with Gasteiger partial charge in [0.15, 0.2) is 0 Å². The molecule has 0 spiro atoms. The van der Waals surface area contributed by atoms with Crippen LogP contribution in [0.3, 0.4) is 0 Å². The normalized spacial score (nSPS) is 14.0. The average molecular weight is 330 g/mol. The van der Waals surface area contributed by atoms with E-state index in [2.05, 4.69) is 0 Å². The van der Waals surface area contributed by atoms with Crippen molar-refractivity contribution in [2.45, 2.75) is 78.7 Å². The van der Waals surface area contributed by atoms with Gasteiger partial charge in [-0.1, -0.05) is 13.3 Å². The van der Waals surface area contributed by atoms with Gasteiger partial charge in [0.25, 0.3) is 0 Å². The van der Waals surface area contributed by atoms with Crippen molar-refractivity contribution in [2.75, 3.05) is 6.61 Å². The topological polar surface area (TPSA) is 89.9 Å². The Labute approximate surface area is 138 Å². The Morgan fingerprint density at radius 1 is 0.913 bits per heavy atom. The number of carboxylic acid groups (broad SMARTS) is 1. The van der Waals surface area contributed by atoms with Crippen molar-refractivity contribution in [3.63, 3.8) is 0 Å². The third kappa shape index (κ3) is 8.57.